The molecule has 0 bridgehead atoms. The summed E-state index contributed by atoms with van der Waals surface area (Å²) in [6.07, 6.45) is 0.926. The molecule has 0 heterocycles. The van der Waals surface area contributed by atoms with Crippen LogP contribution in [-0.4, -0.2) is 24.9 Å². The number of hydrogen-bond donors (Lipinski definition) is 1. The topological polar surface area (TPSA) is 47.6 Å². The molecule has 0 spiro atoms. The predicted octanol–water partition coefficient (Wildman–Crippen LogP) is 4.91. The van der Waals surface area contributed by atoms with Gasteiger partial charge in [-0.3, -0.25) is 4.79 Å². The number of carbonyl (C=O) groups excluding carboxylic acids is 1. The van der Waals surface area contributed by atoms with E-state index >= 15 is 0 Å². The molecule has 1 amide bonds. The number of hydrogen-bond acceptors (Lipinski definition) is 4. The quantitative estimate of drug-likeness (QED) is 0.646. The average Bonchev–Trinajstić information content (AvgIpc) is 2.61. The van der Waals surface area contributed by atoms with Gasteiger partial charge in [-0.1, -0.05) is 13.0 Å². The average molecular weight is 359 g/mol. The van der Waals surface area contributed by atoms with Crippen LogP contribution in [0, 0.1) is 6.92 Å². The lowest BCUT2D eigenvalue weighted by atomic mass is 10.2. The first-order chi connectivity index (χ1) is 12.1. The van der Waals surface area contributed by atoms with Crippen molar-refractivity contribution in [3.8, 4) is 11.5 Å². The maximum absolute atomic E-state index is 12.3. The van der Waals surface area contributed by atoms with Crippen molar-refractivity contribution in [2.75, 3.05) is 24.3 Å². The molecule has 0 aromatic heterocycles. The second kappa shape index (κ2) is 9.99. The molecular formula is C20H25NO3S. The van der Waals surface area contributed by atoms with Gasteiger partial charge >= 0.3 is 0 Å². The van der Waals surface area contributed by atoms with E-state index < -0.39 is 0 Å². The van der Waals surface area contributed by atoms with Gasteiger partial charge in [0, 0.05) is 4.90 Å². The summed E-state index contributed by atoms with van der Waals surface area (Å²) < 4.78 is 11.1. The minimum Gasteiger partial charge on any atom is -0.494 e. The maximum atomic E-state index is 12.3. The van der Waals surface area contributed by atoms with Gasteiger partial charge in [0.25, 0.3) is 0 Å². The molecular weight excluding hydrogens is 334 g/mol. The number of benzene rings is 2. The standard InChI is InChI=1S/C20H25NO3S/c1-4-12-24-19-13-15(3)6-11-18(19)21-20(22)14-25-17-9-7-16(8-10-17)23-5-2/h6-11,13H,4-5,12,14H2,1-3H3,(H,21,22). The van der Waals surface area contributed by atoms with Gasteiger partial charge < -0.3 is 14.8 Å². The van der Waals surface area contributed by atoms with Gasteiger partial charge in [-0.2, -0.15) is 0 Å². The highest BCUT2D eigenvalue weighted by atomic mass is 32.2. The van der Waals surface area contributed by atoms with E-state index in [9.17, 15) is 4.79 Å². The molecule has 0 saturated heterocycles. The van der Waals surface area contributed by atoms with Crippen LogP contribution in [0.4, 0.5) is 5.69 Å². The van der Waals surface area contributed by atoms with Crippen LogP contribution in [0.15, 0.2) is 47.4 Å². The Labute approximate surface area is 153 Å². The summed E-state index contributed by atoms with van der Waals surface area (Å²) in [5.74, 6) is 1.86. The van der Waals surface area contributed by atoms with Crippen molar-refractivity contribution in [3.05, 3.63) is 48.0 Å². The molecule has 134 valence electrons. The van der Waals surface area contributed by atoms with Gasteiger partial charge in [0.2, 0.25) is 5.91 Å². The number of amides is 1. The second-order valence-corrected chi connectivity index (χ2v) is 6.64. The monoisotopic (exact) mass is 359 g/mol. The molecule has 0 unspecified atom stereocenters. The largest absolute Gasteiger partial charge is 0.494 e. The van der Waals surface area contributed by atoms with Crippen LogP contribution in [-0.2, 0) is 4.79 Å². The minimum absolute atomic E-state index is 0.0518. The van der Waals surface area contributed by atoms with Crippen LogP contribution in [0.1, 0.15) is 25.8 Å². The van der Waals surface area contributed by atoms with E-state index in [1.807, 2.05) is 56.3 Å². The molecule has 1 N–H and O–H groups in total. The fraction of sp³-hybridized carbons (Fsp3) is 0.350. The SMILES string of the molecule is CCCOc1cc(C)ccc1NC(=O)CSc1ccc(OCC)cc1. The Kier molecular flexibility index (Phi) is 7.67. The summed E-state index contributed by atoms with van der Waals surface area (Å²) in [6, 6.07) is 13.6. The van der Waals surface area contributed by atoms with Crippen LogP contribution in [0.3, 0.4) is 0 Å². The summed E-state index contributed by atoms with van der Waals surface area (Å²) in [5, 5.41) is 2.94. The zero-order chi connectivity index (χ0) is 18.1. The van der Waals surface area contributed by atoms with Crippen molar-refractivity contribution < 1.29 is 14.3 Å². The Hall–Kier alpha value is -2.14. The molecule has 0 fully saturated rings. The summed E-state index contributed by atoms with van der Waals surface area (Å²) in [7, 11) is 0. The first kappa shape index (κ1) is 19.2. The molecule has 4 nitrogen and oxygen atoms in total. The Balaban J connectivity index is 1.91. The van der Waals surface area contributed by atoms with Gasteiger partial charge in [-0.05, 0) is 62.2 Å². The molecule has 5 heteroatoms. The van der Waals surface area contributed by atoms with Crippen LogP contribution < -0.4 is 14.8 Å². The van der Waals surface area contributed by atoms with Crippen molar-refractivity contribution >= 4 is 23.4 Å². The first-order valence-electron chi connectivity index (χ1n) is 8.51. The lowest BCUT2D eigenvalue weighted by Gasteiger charge is -2.13. The van der Waals surface area contributed by atoms with E-state index in [4.69, 9.17) is 9.47 Å². The fourth-order valence-corrected chi connectivity index (χ4v) is 2.90. The van der Waals surface area contributed by atoms with Gasteiger partial charge in [0.1, 0.15) is 11.5 Å². The first-order valence-corrected chi connectivity index (χ1v) is 9.50. The zero-order valence-corrected chi connectivity index (χ0v) is 15.8. The highest BCUT2D eigenvalue weighted by molar-refractivity contribution is 8.00. The van der Waals surface area contributed by atoms with E-state index in [2.05, 4.69) is 12.2 Å². The number of ether oxygens (including phenoxy) is 2. The van der Waals surface area contributed by atoms with Crippen molar-refractivity contribution in [2.45, 2.75) is 32.1 Å². The molecule has 2 aromatic carbocycles. The number of aryl methyl sites for hydroxylation is 1. The van der Waals surface area contributed by atoms with E-state index in [-0.39, 0.29) is 5.91 Å². The summed E-state index contributed by atoms with van der Waals surface area (Å²) >= 11 is 1.49. The Morgan fingerprint density at radius 3 is 2.52 bits per heavy atom. The van der Waals surface area contributed by atoms with Crippen LogP contribution in [0.5, 0.6) is 11.5 Å². The van der Waals surface area contributed by atoms with Crippen LogP contribution in [0.25, 0.3) is 0 Å². The minimum atomic E-state index is -0.0518. The van der Waals surface area contributed by atoms with E-state index in [1.165, 1.54) is 11.8 Å². The number of rotatable bonds is 9. The number of nitrogens with one attached hydrogen (secondary N) is 1. The zero-order valence-electron chi connectivity index (χ0n) is 15.0. The molecule has 0 aliphatic carbocycles. The Morgan fingerprint density at radius 1 is 1.08 bits per heavy atom. The van der Waals surface area contributed by atoms with Gasteiger partial charge in [0.05, 0.1) is 24.7 Å². The van der Waals surface area contributed by atoms with Gasteiger partial charge in [-0.15, -0.1) is 11.8 Å². The third-order valence-corrected chi connectivity index (χ3v) is 4.39. The highest BCUT2D eigenvalue weighted by Crippen LogP contribution is 2.27. The van der Waals surface area contributed by atoms with E-state index in [0.29, 0.717) is 19.0 Å². The lowest BCUT2D eigenvalue weighted by Crippen LogP contribution is -2.15. The molecule has 0 aliphatic heterocycles. The molecule has 0 aliphatic rings. The molecule has 0 atom stereocenters. The van der Waals surface area contributed by atoms with E-state index in [1.54, 1.807) is 0 Å². The smallest absolute Gasteiger partial charge is 0.234 e. The lowest BCUT2D eigenvalue weighted by molar-refractivity contribution is -0.113. The van der Waals surface area contributed by atoms with Crippen molar-refractivity contribution in [1.82, 2.24) is 0 Å². The summed E-state index contributed by atoms with van der Waals surface area (Å²) in [6.45, 7) is 7.30. The Bertz CT molecular complexity index is 686. The number of thioether (sulfide) groups is 1. The molecule has 0 radical (unpaired) electrons. The van der Waals surface area contributed by atoms with Gasteiger partial charge in [-0.25, -0.2) is 0 Å². The van der Waals surface area contributed by atoms with Crippen LogP contribution in [0.2, 0.25) is 0 Å². The number of carbonyl (C=O) groups is 1. The van der Waals surface area contributed by atoms with Crippen molar-refractivity contribution in [3.63, 3.8) is 0 Å². The highest BCUT2D eigenvalue weighted by Gasteiger charge is 2.09. The predicted molar refractivity (Wildman–Crippen MR) is 104 cm³/mol. The van der Waals surface area contributed by atoms with Crippen LogP contribution >= 0.6 is 11.8 Å². The van der Waals surface area contributed by atoms with Crippen molar-refractivity contribution in [1.29, 1.82) is 0 Å². The normalized spacial score (nSPS) is 10.4. The molecule has 0 saturated carbocycles. The maximum Gasteiger partial charge on any atom is 0.234 e. The second-order valence-electron chi connectivity index (χ2n) is 5.59. The Morgan fingerprint density at radius 2 is 1.84 bits per heavy atom. The third-order valence-electron chi connectivity index (χ3n) is 3.38. The number of anilines is 1. The van der Waals surface area contributed by atoms with E-state index in [0.717, 1.165) is 34.1 Å². The third kappa shape index (κ3) is 6.35. The molecule has 2 aromatic rings. The summed E-state index contributed by atoms with van der Waals surface area (Å²) in [5.41, 5.74) is 1.82. The summed E-state index contributed by atoms with van der Waals surface area (Å²) in [4.78, 5) is 13.3. The fourth-order valence-electron chi connectivity index (χ4n) is 2.20. The van der Waals surface area contributed by atoms with Crippen molar-refractivity contribution in [2.24, 2.45) is 0 Å². The van der Waals surface area contributed by atoms with Gasteiger partial charge in [0.15, 0.2) is 0 Å². The molecule has 2 rings (SSSR count). The molecule has 25 heavy (non-hydrogen) atoms.